The summed E-state index contributed by atoms with van der Waals surface area (Å²) in [7, 11) is 0. The minimum Gasteiger partial charge on any atom is -0.349 e. The van der Waals surface area contributed by atoms with Crippen LogP contribution in [0.5, 0.6) is 0 Å². The molecule has 5 heteroatoms. The minimum atomic E-state index is 0.00633. The van der Waals surface area contributed by atoms with E-state index in [1.807, 2.05) is 54.6 Å². The van der Waals surface area contributed by atoms with Crippen molar-refractivity contribution in [2.75, 3.05) is 13.1 Å². The lowest BCUT2D eigenvalue weighted by molar-refractivity contribution is 0.0910. The van der Waals surface area contributed by atoms with Crippen LogP contribution in [0.25, 0.3) is 22.2 Å². The predicted molar refractivity (Wildman–Crippen MR) is 120 cm³/mol. The molecular weight excluding hydrogens is 426 g/mol. The first-order valence-corrected chi connectivity index (χ1v) is 11.2. The van der Waals surface area contributed by atoms with Gasteiger partial charge in [0.2, 0.25) is 0 Å². The minimum absolute atomic E-state index is 0.00633. The van der Waals surface area contributed by atoms with Crippen molar-refractivity contribution in [2.45, 2.75) is 37.8 Å². The van der Waals surface area contributed by atoms with E-state index in [1.54, 1.807) is 0 Å². The first-order chi connectivity index (χ1) is 14.2. The van der Waals surface area contributed by atoms with E-state index in [1.165, 1.54) is 12.8 Å². The van der Waals surface area contributed by atoms with E-state index in [0.717, 1.165) is 58.6 Å². The van der Waals surface area contributed by atoms with Crippen LogP contribution >= 0.6 is 15.9 Å². The van der Waals surface area contributed by atoms with Gasteiger partial charge in [0.05, 0.1) is 16.8 Å². The largest absolute Gasteiger partial charge is 0.349 e. The number of piperidine rings is 1. The van der Waals surface area contributed by atoms with Crippen molar-refractivity contribution >= 4 is 32.7 Å². The molecule has 148 valence electrons. The zero-order chi connectivity index (χ0) is 19.8. The number of benzene rings is 2. The topological polar surface area (TPSA) is 45.2 Å². The van der Waals surface area contributed by atoms with Crippen LogP contribution in [0.4, 0.5) is 0 Å². The van der Waals surface area contributed by atoms with E-state index in [2.05, 4.69) is 26.1 Å². The fraction of sp³-hybridized carbons (Fsp3) is 0.333. The van der Waals surface area contributed by atoms with E-state index >= 15 is 0 Å². The number of carbonyl (C=O) groups excluding carboxylic acids is 1. The highest BCUT2D eigenvalue weighted by atomic mass is 79.9. The van der Waals surface area contributed by atoms with Gasteiger partial charge >= 0.3 is 0 Å². The van der Waals surface area contributed by atoms with Crippen molar-refractivity contribution in [3.05, 3.63) is 64.6 Å². The average Bonchev–Trinajstić information content (AvgIpc) is 3.59. The predicted octanol–water partition coefficient (Wildman–Crippen LogP) is 5.02. The molecule has 5 rings (SSSR count). The van der Waals surface area contributed by atoms with Crippen LogP contribution < -0.4 is 5.32 Å². The van der Waals surface area contributed by atoms with Crippen LogP contribution in [0.2, 0.25) is 0 Å². The van der Waals surface area contributed by atoms with Gasteiger partial charge < -0.3 is 10.2 Å². The summed E-state index contributed by atoms with van der Waals surface area (Å²) in [4.78, 5) is 20.6. The van der Waals surface area contributed by atoms with Gasteiger partial charge in [0.15, 0.2) is 0 Å². The molecule has 1 aliphatic carbocycles. The highest BCUT2D eigenvalue weighted by Crippen LogP contribution is 2.30. The molecule has 1 saturated heterocycles. The standard InChI is InChI=1S/C24H24BrN3O/c25-17-7-5-16(6-8-17)23-15-21(20-3-1-2-4-22(20)27-23)24(29)26-18-11-13-28(14-12-18)19-9-10-19/h1-8,15,18-19H,9-14H2,(H,26,29). The Bertz CT molecular complexity index is 1040. The van der Waals surface area contributed by atoms with Crippen molar-refractivity contribution in [2.24, 2.45) is 0 Å². The number of fused-ring (bicyclic) bond motifs is 1. The molecule has 0 spiro atoms. The zero-order valence-electron chi connectivity index (χ0n) is 16.3. The van der Waals surface area contributed by atoms with Gasteiger partial charge in [0, 0.05) is 40.6 Å². The lowest BCUT2D eigenvalue weighted by Crippen LogP contribution is -2.45. The number of nitrogens with zero attached hydrogens (tertiary/aromatic N) is 2. The molecule has 2 aromatic carbocycles. The summed E-state index contributed by atoms with van der Waals surface area (Å²) in [6.07, 6.45) is 4.76. The van der Waals surface area contributed by atoms with Gasteiger partial charge in [0.1, 0.15) is 0 Å². The molecule has 1 amide bonds. The van der Waals surface area contributed by atoms with Crippen LogP contribution in [-0.2, 0) is 0 Å². The summed E-state index contributed by atoms with van der Waals surface area (Å²) in [6.45, 7) is 2.19. The third-order valence-corrected chi connectivity index (χ3v) is 6.56. The summed E-state index contributed by atoms with van der Waals surface area (Å²) < 4.78 is 1.03. The van der Waals surface area contributed by atoms with Gasteiger partial charge in [-0.25, -0.2) is 4.98 Å². The van der Waals surface area contributed by atoms with E-state index in [0.29, 0.717) is 5.56 Å². The molecule has 0 bridgehead atoms. The maximum atomic E-state index is 13.2. The number of hydrogen-bond donors (Lipinski definition) is 1. The molecule has 2 fully saturated rings. The van der Waals surface area contributed by atoms with E-state index in [-0.39, 0.29) is 11.9 Å². The Morgan fingerprint density at radius 3 is 2.45 bits per heavy atom. The molecule has 2 aliphatic rings. The van der Waals surface area contributed by atoms with Crippen LogP contribution in [0.1, 0.15) is 36.0 Å². The number of carbonyl (C=O) groups is 1. The van der Waals surface area contributed by atoms with Crippen molar-refractivity contribution in [3.8, 4) is 11.3 Å². The number of para-hydroxylation sites is 1. The zero-order valence-corrected chi connectivity index (χ0v) is 17.9. The van der Waals surface area contributed by atoms with Crippen LogP contribution in [0, 0.1) is 0 Å². The van der Waals surface area contributed by atoms with Gasteiger partial charge in [-0.2, -0.15) is 0 Å². The molecule has 0 atom stereocenters. The van der Waals surface area contributed by atoms with E-state index in [4.69, 9.17) is 4.98 Å². The fourth-order valence-electron chi connectivity index (χ4n) is 4.24. The number of likely N-dealkylation sites (tertiary alicyclic amines) is 1. The van der Waals surface area contributed by atoms with Crippen LogP contribution in [0.15, 0.2) is 59.1 Å². The molecule has 2 heterocycles. The molecule has 3 aromatic rings. The highest BCUT2D eigenvalue weighted by Gasteiger charge is 2.32. The quantitative estimate of drug-likeness (QED) is 0.607. The Morgan fingerprint density at radius 1 is 1.00 bits per heavy atom. The summed E-state index contributed by atoms with van der Waals surface area (Å²) in [6, 6.07) is 18.9. The van der Waals surface area contributed by atoms with E-state index in [9.17, 15) is 4.79 Å². The van der Waals surface area contributed by atoms with Gasteiger partial charge in [-0.3, -0.25) is 4.79 Å². The Balaban J connectivity index is 1.42. The molecule has 0 unspecified atom stereocenters. The fourth-order valence-corrected chi connectivity index (χ4v) is 4.51. The number of hydrogen-bond acceptors (Lipinski definition) is 3. The number of rotatable bonds is 4. The second-order valence-corrected chi connectivity index (χ2v) is 9.01. The van der Waals surface area contributed by atoms with Crippen molar-refractivity contribution in [3.63, 3.8) is 0 Å². The van der Waals surface area contributed by atoms with Crippen molar-refractivity contribution in [1.82, 2.24) is 15.2 Å². The summed E-state index contributed by atoms with van der Waals surface area (Å²) in [5, 5.41) is 4.20. The number of aromatic nitrogens is 1. The smallest absolute Gasteiger partial charge is 0.252 e. The maximum absolute atomic E-state index is 13.2. The molecule has 1 N–H and O–H groups in total. The number of halogens is 1. The Hall–Kier alpha value is -2.24. The molecule has 1 aliphatic heterocycles. The van der Waals surface area contributed by atoms with Crippen molar-refractivity contribution in [1.29, 1.82) is 0 Å². The van der Waals surface area contributed by atoms with Gasteiger partial charge in [0.25, 0.3) is 5.91 Å². The Morgan fingerprint density at radius 2 is 1.72 bits per heavy atom. The molecule has 29 heavy (non-hydrogen) atoms. The summed E-state index contributed by atoms with van der Waals surface area (Å²) in [5.74, 6) is 0.00633. The molecule has 4 nitrogen and oxygen atoms in total. The molecule has 1 saturated carbocycles. The Labute approximate surface area is 179 Å². The van der Waals surface area contributed by atoms with Crippen LogP contribution in [-0.4, -0.2) is 41.0 Å². The second kappa shape index (κ2) is 7.88. The third-order valence-electron chi connectivity index (χ3n) is 6.03. The maximum Gasteiger partial charge on any atom is 0.252 e. The Kier molecular flexibility index (Phi) is 5.10. The molecule has 1 aromatic heterocycles. The summed E-state index contributed by atoms with van der Waals surface area (Å²) >= 11 is 3.48. The summed E-state index contributed by atoms with van der Waals surface area (Å²) in [5.41, 5.74) is 3.38. The van der Waals surface area contributed by atoms with E-state index < -0.39 is 0 Å². The highest BCUT2D eigenvalue weighted by molar-refractivity contribution is 9.10. The normalized spacial score (nSPS) is 18.1. The SMILES string of the molecule is O=C(NC1CCN(C2CC2)CC1)c1cc(-c2ccc(Br)cc2)nc2ccccc12. The lowest BCUT2D eigenvalue weighted by atomic mass is 10.0. The second-order valence-electron chi connectivity index (χ2n) is 8.09. The first-order valence-electron chi connectivity index (χ1n) is 10.4. The van der Waals surface area contributed by atoms with Gasteiger partial charge in [-0.05, 0) is 49.9 Å². The third kappa shape index (κ3) is 4.07. The molecular formula is C24H24BrN3O. The van der Waals surface area contributed by atoms with Crippen molar-refractivity contribution < 1.29 is 4.79 Å². The lowest BCUT2D eigenvalue weighted by Gasteiger charge is -2.32. The molecule has 0 radical (unpaired) electrons. The monoisotopic (exact) mass is 449 g/mol. The number of amides is 1. The van der Waals surface area contributed by atoms with Crippen LogP contribution in [0.3, 0.4) is 0 Å². The average molecular weight is 450 g/mol. The number of nitrogens with one attached hydrogen (secondary N) is 1. The van der Waals surface area contributed by atoms with Gasteiger partial charge in [-0.1, -0.05) is 46.3 Å². The van der Waals surface area contributed by atoms with Gasteiger partial charge in [-0.15, -0.1) is 0 Å². The number of pyridine rings is 1. The first kappa shape index (κ1) is 18.8.